The Hall–Kier alpha value is -4.31. The molecule has 0 saturated heterocycles. The first-order valence-electron chi connectivity index (χ1n) is 11.9. The van der Waals surface area contributed by atoms with E-state index in [2.05, 4.69) is 47.5 Å². The Labute approximate surface area is 204 Å². The van der Waals surface area contributed by atoms with Gasteiger partial charge in [0.05, 0.1) is 12.1 Å². The Morgan fingerprint density at radius 1 is 0.857 bits per heavy atom. The number of carboxylic acid groups (broad SMARTS) is 1. The predicted molar refractivity (Wildman–Crippen MR) is 142 cm³/mol. The Morgan fingerprint density at radius 3 is 2.46 bits per heavy atom. The Morgan fingerprint density at radius 2 is 1.60 bits per heavy atom. The van der Waals surface area contributed by atoms with Gasteiger partial charge < -0.3 is 14.8 Å². The summed E-state index contributed by atoms with van der Waals surface area (Å²) in [6, 6.07) is 30.4. The van der Waals surface area contributed by atoms with E-state index in [0.717, 1.165) is 45.0 Å². The van der Waals surface area contributed by atoms with Crippen molar-refractivity contribution in [1.82, 2.24) is 4.98 Å². The minimum atomic E-state index is -0.939. The molecular weight excluding hydrogens is 434 g/mol. The smallest absolute Gasteiger partial charge is 0.352 e. The highest BCUT2D eigenvalue weighted by atomic mass is 16.5. The van der Waals surface area contributed by atoms with Gasteiger partial charge in [0, 0.05) is 10.8 Å². The molecule has 5 rings (SSSR count). The number of hydrogen-bond acceptors (Lipinski definition) is 2. The van der Waals surface area contributed by atoms with Crippen LogP contribution >= 0.6 is 0 Å². The van der Waals surface area contributed by atoms with Crippen LogP contribution in [0.3, 0.4) is 0 Å². The maximum absolute atomic E-state index is 12.0. The zero-order chi connectivity index (χ0) is 24.0. The first kappa shape index (κ1) is 22.5. The summed E-state index contributed by atoms with van der Waals surface area (Å²) < 4.78 is 6.08. The lowest BCUT2D eigenvalue weighted by atomic mass is 10.0. The zero-order valence-electron chi connectivity index (χ0n) is 19.4. The van der Waals surface area contributed by atoms with Crippen molar-refractivity contribution < 1.29 is 14.6 Å². The van der Waals surface area contributed by atoms with Crippen molar-refractivity contribution in [2.75, 3.05) is 6.61 Å². The van der Waals surface area contributed by atoms with Gasteiger partial charge in [0.15, 0.2) is 0 Å². The topological polar surface area (TPSA) is 62.3 Å². The fourth-order valence-electron chi connectivity index (χ4n) is 4.57. The van der Waals surface area contributed by atoms with Crippen LogP contribution in [0.25, 0.3) is 27.8 Å². The minimum absolute atomic E-state index is 0.258. The molecule has 0 aliphatic carbocycles. The van der Waals surface area contributed by atoms with E-state index in [1.165, 1.54) is 5.56 Å². The van der Waals surface area contributed by atoms with Gasteiger partial charge in [-0.1, -0.05) is 97.1 Å². The summed E-state index contributed by atoms with van der Waals surface area (Å²) in [4.78, 5) is 15.2. The first-order valence-corrected chi connectivity index (χ1v) is 11.9. The third kappa shape index (κ3) is 4.97. The second-order valence-electron chi connectivity index (χ2n) is 8.57. The molecule has 4 nitrogen and oxygen atoms in total. The number of hydrogen-bond donors (Lipinski definition) is 2. The standard InChI is InChI=1S/C31H27NO3/c33-31(34)30-27(19-9-21-35-28-20-8-14-23-13-4-5-17-25(23)28)26-18-7-16-24(29(26)32-30)15-6-12-22-10-2-1-3-11-22/h1-8,10-11,13-18,20,32H,9,12,19,21H2,(H,33,34). The van der Waals surface area contributed by atoms with Crippen LogP contribution in [-0.2, 0) is 12.8 Å². The molecule has 0 spiro atoms. The maximum Gasteiger partial charge on any atom is 0.352 e. The van der Waals surface area contributed by atoms with Crippen LogP contribution in [-0.4, -0.2) is 22.7 Å². The van der Waals surface area contributed by atoms with Crippen LogP contribution in [0.2, 0.25) is 0 Å². The molecule has 0 unspecified atom stereocenters. The van der Waals surface area contributed by atoms with E-state index in [0.29, 0.717) is 19.4 Å². The second-order valence-corrected chi connectivity index (χ2v) is 8.57. The molecule has 35 heavy (non-hydrogen) atoms. The lowest BCUT2D eigenvalue weighted by Crippen LogP contribution is -2.04. The number of benzene rings is 4. The van der Waals surface area contributed by atoms with Crippen LogP contribution in [0.1, 0.15) is 33.6 Å². The first-order chi connectivity index (χ1) is 17.2. The fourth-order valence-corrected chi connectivity index (χ4v) is 4.57. The molecule has 174 valence electrons. The maximum atomic E-state index is 12.0. The molecule has 0 aliphatic rings. The zero-order valence-corrected chi connectivity index (χ0v) is 19.4. The van der Waals surface area contributed by atoms with Crippen molar-refractivity contribution in [3.63, 3.8) is 0 Å². The van der Waals surface area contributed by atoms with Crippen molar-refractivity contribution in [2.45, 2.75) is 19.3 Å². The second kappa shape index (κ2) is 10.3. The predicted octanol–water partition coefficient (Wildman–Crippen LogP) is 7.29. The molecule has 4 heteroatoms. The molecule has 4 aromatic carbocycles. The third-order valence-electron chi connectivity index (χ3n) is 6.26. The Kier molecular flexibility index (Phi) is 6.62. The number of H-pyrrole nitrogens is 1. The molecule has 1 heterocycles. The summed E-state index contributed by atoms with van der Waals surface area (Å²) in [5.41, 5.74) is 4.17. The van der Waals surface area contributed by atoms with Gasteiger partial charge in [-0.05, 0) is 47.4 Å². The van der Waals surface area contributed by atoms with Crippen molar-refractivity contribution in [2.24, 2.45) is 0 Å². The van der Waals surface area contributed by atoms with Gasteiger partial charge in [0.25, 0.3) is 0 Å². The SMILES string of the molecule is O=C(O)c1[nH]c2c(C=CCc3ccccc3)cccc2c1CCCOc1cccc2ccccc12. The van der Waals surface area contributed by atoms with E-state index in [-0.39, 0.29) is 5.69 Å². The number of aryl methyl sites for hydroxylation is 1. The molecule has 0 aliphatic heterocycles. The van der Waals surface area contributed by atoms with Crippen LogP contribution in [0.5, 0.6) is 5.75 Å². The average molecular weight is 462 g/mol. The summed E-state index contributed by atoms with van der Waals surface area (Å²) in [5.74, 6) is -0.0864. The number of carboxylic acids is 1. The van der Waals surface area contributed by atoms with Gasteiger partial charge >= 0.3 is 5.97 Å². The van der Waals surface area contributed by atoms with Gasteiger partial charge in [-0.3, -0.25) is 0 Å². The quantitative estimate of drug-likeness (QED) is 0.227. The average Bonchev–Trinajstić information content (AvgIpc) is 3.27. The third-order valence-corrected chi connectivity index (χ3v) is 6.26. The summed E-state index contributed by atoms with van der Waals surface area (Å²) >= 11 is 0. The Balaban J connectivity index is 1.33. The van der Waals surface area contributed by atoms with Crippen molar-refractivity contribution in [3.05, 3.63) is 119 Å². The van der Waals surface area contributed by atoms with Crippen LogP contribution < -0.4 is 4.74 Å². The van der Waals surface area contributed by atoms with Gasteiger partial charge in [-0.2, -0.15) is 0 Å². The molecule has 1 aromatic heterocycles. The summed E-state index contributed by atoms with van der Waals surface area (Å²) in [7, 11) is 0. The molecule has 0 saturated carbocycles. The number of para-hydroxylation sites is 1. The number of ether oxygens (including phenoxy) is 1. The molecule has 0 atom stereocenters. The summed E-state index contributed by atoms with van der Waals surface area (Å²) in [6.07, 6.45) is 6.32. The van der Waals surface area contributed by atoms with Crippen molar-refractivity contribution in [1.29, 1.82) is 0 Å². The van der Waals surface area contributed by atoms with Crippen LogP contribution in [0.4, 0.5) is 0 Å². The number of allylic oxidation sites excluding steroid dienone is 1. The minimum Gasteiger partial charge on any atom is -0.493 e. The number of carbonyl (C=O) groups is 1. The van der Waals surface area contributed by atoms with Gasteiger partial charge in [0.1, 0.15) is 11.4 Å². The van der Waals surface area contributed by atoms with Gasteiger partial charge in [-0.15, -0.1) is 0 Å². The van der Waals surface area contributed by atoms with E-state index < -0.39 is 5.97 Å². The fraction of sp³-hybridized carbons (Fsp3) is 0.129. The monoisotopic (exact) mass is 461 g/mol. The van der Waals surface area contributed by atoms with Crippen molar-refractivity contribution >= 4 is 33.7 Å². The number of rotatable bonds is 9. The Bertz CT molecular complexity index is 1490. The highest BCUT2D eigenvalue weighted by Crippen LogP contribution is 2.29. The molecule has 0 bridgehead atoms. The largest absolute Gasteiger partial charge is 0.493 e. The molecule has 0 amide bonds. The molecule has 2 N–H and O–H groups in total. The summed E-state index contributed by atoms with van der Waals surface area (Å²) in [5, 5.41) is 13.0. The van der Waals surface area contributed by atoms with E-state index >= 15 is 0 Å². The highest BCUT2D eigenvalue weighted by Gasteiger charge is 2.18. The highest BCUT2D eigenvalue weighted by molar-refractivity contribution is 6.00. The van der Waals surface area contributed by atoms with Crippen molar-refractivity contribution in [3.8, 4) is 5.75 Å². The lowest BCUT2D eigenvalue weighted by molar-refractivity contribution is 0.0690. The number of aromatic nitrogens is 1. The van der Waals surface area contributed by atoms with Crippen LogP contribution in [0.15, 0.2) is 97.1 Å². The molecule has 5 aromatic rings. The van der Waals surface area contributed by atoms with Crippen LogP contribution in [0, 0.1) is 0 Å². The number of nitrogens with one attached hydrogen (secondary N) is 1. The molecule has 0 fully saturated rings. The van der Waals surface area contributed by atoms with Gasteiger partial charge in [-0.25, -0.2) is 4.79 Å². The lowest BCUT2D eigenvalue weighted by Gasteiger charge is -2.09. The number of fused-ring (bicyclic) bond motifs is 2. The summed E-state index contributed by atoms with van der Waals surface area (Å²) in [6.45, 7) is 0.510. The molecular formula is C31H27NO3. The molecule has 0 radical (unpaired) electrons. The number of aromatic carboxylic acids is 1. The van der Waals surface area contributed by atoms with Gasteiger partial charge in [0.2, 0.25) is 0 Å². The normalized spacial score (nSPS) is 11.4. The van der Waals surface area contributed by atoms with E-state index in [1.54, 1.807) is 0 Å². The van der Waals surface area contributed by atoms with E-state index in [9.17, 15) is 9.90 Å². The van der Waals surface area contributed by atoms with E-state index in [1.807, 2.05) is 60.7 Å². The number of aromatic amines is 1. The van der Waals surface area contributed by atoms with E-state index in [4.69, 9.17) is 4.74 Å².